The number of benzene rings is 5. The number of nitrogens with zero attached hydrogens (tertiary/aromatic N) is 3. The molecule has 3 heterocycles. The number of allylic oxidation sites excluding steroid dienone is 4. The van der Waals surface area contributed by atoms with Crippen LogP contribution in [0, 0.1) is 0 Å². The molecule has 40 heavy (non-hydrogen) atoms. The lowest BCUT2D eigenvalue weighted by Gasteiger charge is -2.13. The van der Waals surface area contributed by atoms with Gasteiger partial charge in [-0.05, 0) is 72.5 Å². The zero-order valence-corrected chi connectivity index (χ0v) is 21.9. The maximum atomic E-state index is 5.15. The zero-order valence-electron chi connectivity index (χ0n) is 21.9. The summed E-state index contributed by atoms with van der Waals surface area (Å²) in [5.74, 6) is 0. The van der Waals surface area contributed by atoms with Crippen molar-refractivity contribution in [1.29, 1.82) is 0 Å². The van der Waals surface area contributed by atoms with Crippen molar-refractivity contribution in [2.24, 2.45) is 0 Å². The SMILES string of the molecule is C1=CC(c2cccc(-n3c4ccccc4c4c5c6ccccc6n6c7ccccc7nc6c5ccc43)c2)=CCC1. The van der Waals surface area contributed by atoms with Crippen molar-refractivity contribution >= 4 is 65.7 Å². The smallest absolute Gasteiger partial charge is 0.146 e. The topological polar surface area (TPSA) is 22.2 Å². The van der Waals surface area contributed by atoms with Crippen LogP contribution < -0.4 is 0 Å². The first-order valence-electron chi connectivity index (χ1n) is 14.0. The molecule has 3 heteroatoms. The highest BCUT2D eigenvalue weighted by Crippen LogP contribution is 2.42. The van der Waals surface area contributed by atoms with E-state index in [2.05, 4.69) is 136 Å². The van der Waals surface area contributed by atoms with E-state index in [0.29, 0.717) is 0 Å². The number of rotatable bonds is 2. The largest absolute Gasteiger partial charge is 0.309 e. The summed E-state index contributed by atoms with van der Waals surface area (Å²) in [6.07, 6.45) is 9.11. The molecule has 1 aliphatic rings. The fourth-order valence-electron chi connectivity index (χ4n) is 6.79. The van der Waals surface area contributed by atoms with E-state index in [0.717, 1.165) is 29.5 Å². The first-order chi connectivity index (χ1) is 19.9. The first-order valence-corrected chi connectivity index (χ1v) is 14.0. The number of hydrogen-bond donors (Lipinski definition) is 0. The van der Waals surface area contributed by atoms with Gasteiger partial charge in [-0.15, -0.1) is 0 Å². The van der Waals surface area contributed by atoms with Gasteiger partial charge in [-0.1, -0.05) is 78.9 Å². The number of hydrogen-bond acceptors (Lipinski definition) is 1. The molecule has 188 valence electrons. The average molecular weight is 512 g/mol. The van der Waals surface area contributed by atoms with Gasteiger partial charge in [0.1, 0.15) is 5.65 Å². The maximum Gasteiger partial charge on any atom is 0.146 e. The number of pyridine rings is 1. The highest BCUT2D eigenvalue weighted by Gasteiger charge is 2.20. The fraction of sp³-hybridized carbons (Fsp3) is 0.0541. The van der Waals surface area contributed by atoms with Gasteiger partial charge in [0.2, 0.25) is 0 Å². The molecule has 0 N–H and O–H groups in total. The Bertz CT molecular complexity index is 2380. The van der Waals surface area contributed by atoms with E-state index in [-0.39, 0.29) is 0 Å². The van der Waals surface area contributed by atoms with Gasteiger partial charge in [0.15, 0.2) is 0 Å². The third-order valence-corrected chi connectivity index (χ3v) is 8.49. The lowest BCUT2D eigenvalue weighted by Crippen LogP contribution is -1.96. The number of para-hydroxylation sites is 4. The highest BCUT2D eigenvalue weighted by atomic mass is 15.0. The molecule has 0 saturated carbocycles. The number of imidazole rings is 1. The van der Waals surface area contributed by atoms with E-state index >= 15 is 0 Å². The molecule has 0 spiro atoms. The van der Waals surface area contributed by atoms with Crippen LogP contribution in [-0.2, 0) is 0 Å². The molecule has 5 aromatic carbocycles. The summed E-state index contributed by atoms with van der Waals surface area (Å²) in [5, 5.41) is 6.22. The van der Waals surface area contributed by atoms with Crippen molar-refractivity contribution < 1.29 is 0 Å². The summed E-state index contributed by atoms with van der Waals surface area (Å²) in [6, 6.07) is 39.6. The zero-order chi connectivity index (χ0) is 26.2. The first kappa shape index (κ1) is 21.7. The summed E-state index contributed by atoms with van der Waals surface area (Å²) in [7, 11) is 0. The molecule has 1 aliphatic carbocycles. The van der Waals surface area contributed by atoms with E-state index in [4.69, 9.17) is 4.98 Å². The second kappa shape index (κ2) is 8.17. The highest BCUT2D eigenvalue weighted by molar-refractivity contribution is 6.30. The molecular formula is C37H25N3. The van der Waals surface area contributed by atoms with Crippen LogP contribution in [0.15, 0.2) is 127 Å². The maximum absolute atomic E-state index is 5.15. The van der Waals surface area contributed by atoms with Crippen molar-refractivity contribution in [2.45, 2.75) is 12.8 Å². The van der Waals surface area contributed by atoms with Gasteiger partial charge in [0.05, 0.1) is 27.6 Å². The molecule has 0 aliphatic heterocycles. The average Bonchev–Trinajstić information content (AvgIpc) is 3.58. The molecule has 0 bridgehead atoms. The Kier molecular flexibility index (Phi) is 4.44. The molecule has 0 atom stereocenters. The Labute approximate surface area is 230 Å². The number of aromatic nitrogens is 3. The Morgan fingerprint density at radius 2 is 1.35 bits per heavy atom. The van der Waals surface area contributed by atoms with Gasteiger partial charge in [-0.2, -0.15) is 0 Å². The van der Waals surface area contributed by atoms with Crippen molar-refractivity contribution in [3.8, 4) is 5.69 Å². The van der Waals surface area contributed by atoms with E-state index in [9.17, 15) is 0 Å². The summed E-state index contributed by atoms with van der Waals surface area (Å²) in [6.45, 7) is 0. The van der Waals surface area contributed by atoms with Gasteiger partial charge in [-0.25, -0.2) is 4.98 Å². The van der Waals surface area contributed by atoms with Gasteiger partial charge in [-0.3, -0.25) is 4.40 Å². The third-order valence-electron chi connectivity index (χ3n) is 8.49. The Morgan fingerprint density at radius 3 is 2.20 bits per heavy atom. The molecule has 0 fully saturated rings. The minimum absolute atomic E-state index is 1.01. The molecular weight excluding hydrogens is 486 g/mol. The van der Waals surface area contributed by atoms with Crippen molar-refractivity contribution in [1.82, 2.24) is 14.0 Å². The monoisotopic (exact) mass is 511 g/mol. The van der Waals surface area contributed by atoms with Crippen LogP contribution in [0.3, 0.4) is 0 Å². The molecule has 3 aromatic heterocycles. The van der Waals surface area contributed by atoms with Crippen LogP contribution in [-0.4, -0.2) is 14.0 Å². The molecule has 3 nitrogen and oxygen atoms in total. The predicted molar refractivity (Wildman–Crippen MR) is 168 cm³/mol. The normalized spacial score (nSPS) is 13.8. The predicted octanol–water partition coefficient (Wildman–Crippen LogP) is 9.62. The van der Waals surface area contributed by atoms with E-state index in [1.54, 1.807) is 0 Å². The molecule has 0 saturated heterocycles. The molecule has 0 radical (unpaired) electrons. The number of fused-ring (bicyclic) bond motifs is 12. The molecule has 9 rings (SSSR count). The van der Waals surface area contributed by atoms with Crippen LogP contribution in [0.25, 0.3) is 71.4 Å². The van der Waals surface area contributed by atoms with Crippen molar-refractivity contribution in [3.63, 3.8) is 0 Å². The Balaban J connectivity index is 1.46. The summed E-state index contributed by atoms with van der Waals surface area (Å²) in [4.78, 5) is 5.15. The van der Waals surface area contributed by atoms with Crippen LogP contribution in [0.1, 0.15) is 18.4 Å². The standard InChI is InChI=1S/C37H25N3/c1-2-11-24(12-3-1)25-13-10-14-26(23-25)39-31-18-7-5-16-28(31)36-34(39)22-21-29-35(36)27-15-4-8-19-32(27)40-33-20-9-6-17-30(33)38-37(29)40/h2,4-23H,1,3H2. The van der Waals surface area contributed by atoms with E-state index in [1.807, 2.05) is 0 Å². The summed E-state index contributed by atoms with van der Waals surface area (Å²) >= 11 is 0. The molecule has 8 aromatic rings. The van der Waals surface area contributed by atoms with Crippen molar-refractivity contribution in [3.05, 3.63) is 133 Å². The van der Waals surface area contributed by atoms with E-state index < -0.39 is 0 Å². The quantitative estimate of drug-likeness (QED) is 0.212. The van der Waals surface area contributed by atoms with Crippen molar-refractivity contribution in [2.75, 3.05) is 0 Å². The second-order valence-electron chi connectivity index (χ2n) is 10.7. The van der Waals surface area contributed by atoms with E-state index in [1.165, 1.54) is 60.3 Å². The van der Waals surface area contributed by atoms with Crippen LogP contribution in [0.5, 0.6) is 0 Å². The van der Waals surface area contributed by atoms with Gasteiger partial charge < -0.3 is 4.57 Å². The van der Waals surface area contributed by atoms with Crippen LogP contribution in [0.4, 0.5) is 0 Å². The van der Waals surface area contributed by atoms with Gasteiger partial charge in [0, 0.05) is 32.6 Å². The molecule has 0 unspecified atom stereocenters. The lowest BCUT2D eigenvalue weighted by molar-refractivity contribution is 1.04. The summed E-state index contributed by atoms with van der Waals surface area (Å²) < 4.78 is 4.76. The summed E-state index contributed by atoms with van der Waals surface area (Å²) in [5.41, 5.74) is 10.5. The van der Waals surface area contributed by atoms with Crippen LogP contribution in [0.2, 0.25) is 0 Å². The van der Waals surface area contributed by atoms with Gasteiger partial charge >= 0.3 is 0 Å². The lowest BCUT2D eigenvalue weighted by atomic mass is 9.99. The minimum Gasteiger partial charge on any atom is -0.309 e. The third kappa shape index (κ3) is 2.92. The molecule has 0 amide bonds. The van der Waals surface area contributed by atoms with Gasteiger partial charge in [0.25, 0.3) is 0 Å². The fourth-order valence-corrected chi connectivity index (χ4v) is 6.79. The second-order valence-corrected chi connectivity index (χ2v) is 10.7. The Hall–Kier alpha value is -5.15. The van der Waals surface area contributed by atoms with Crippen LogP contribution >= 0.6 is 0 Å². The Morgan fingerprint density at radius 1 is 0.575 bits per heavy atom. The minimum atomic E-state index is 1.01.